The highest BCUT2D eigenvalue weighted by Crippen LogP contribution is 2.35. The number of aromatic nitrogens is 1. The van der Waals surface area contributed by atoms with Gasteiger partial charge in [0.15, 0.2) is 28.8 Å². The predicted molar refractivity (Wildman–Crippen MR) is 126 cm³/mol. The molecule has 2 aromatic carbocycles. The van der Waals surface area contributed by atoms with Crippen molar-refractivity contribution in [2.24, 2.45) is 0 Å². The second-order valence-electron chi connectivity index (χ2n) is 8.33. The van der Waals surface area contributed by atoms with Crippen molar-refractivity contribution in [2.75, 3.05) is 36.9 Å². The molecule has 1 saturated heterocycles. The van der Waals surface area contributed by atoms with Crippen LogP contribution in [-0.4, -0.2) is 43.1 Å². The first-order chi connectivity index (χ1) is 16.6. The van der Waals surface area contributed by atoms with Gasteiger partial charge in [-0.15, -0.1) is 0 Å². The van der Waals surface area contributed by atoms with Crippen LogP contribution in [0.15, 0.2) is 46.9 Å². The zero-order valence-corrected chi connectivity index (χ0v) is 18.8. The fraction of sp³-hybridized carbons (Fsp3) is 0.320. The van der Waals surface area contributed by atoms with Crippen LogP contribution in [0.25, 0.3) is 11.3 Å². The van der Waals surface area contributed by atoms with Crippen molar-refractivity contribution in [3.63, 3.8) is 0 Å². The summed E-state index contributed by atoms with van der Waals surface area (Å²) in [5.74, 6) is 1.83. The molecule has 2 aliphatic heterocycles. The van der Waals surface area contributed by atoms with Gasteiger partial charge in [-0.25, -0.2) is 4.98 Å². The number of hydrogen-bond donors (Lipinski definition) is 3. The second-order valence-corrected chi connectivity index (χ2v) is 8.33. The van der Waals surface area contributed by atoms with E-state index in [2.05, 4.69) is 20.9 Å². The number of ether oxygens (including phenoxy) is 2. The number of fused-ring (bicyclic) bond motifs is 1. The van der Waals surface area contributed by atoms with Crippen LogP contribution in [0.3, 0.4) is 0 Å². The lowest BCUT2D eigenvalue weighted by molar-refractivity contribution is -0.114. The Labute approximate surface area is 196 Å². The van der Waals surface area contributed by atoms with Crippen LogP contribution in [0.1, 0.15) is 42.1 Å². The maximum atomic E-state index is 13.3. The summed E-state index contributed by atoms with van der Waals surface area (Å²) in [6.45, 7) is 4.18. The molecule has 1 fully saturated rings. The van der Waals surface area contributed by atoms with Crippen molar-refractivity contribution in [3.8, 4) is 22.8 Å². The lowest BCUT2D eigenvalue weighted by Gasteiger charge is -2.19. The van der Waals surface area contributed by atoms with Gasteiger partial charge in [-0.2, -0.15) is 0 Å². The van der Waals surface area contributed by atoms with Gasteiger partial charge in [-0.05, 0) is 62.3 Å². The number of nitrogens with zero attached hydrogens (tertiary/aromatic N) is 1. The Balaban J connectivity index is 1.45. The van der Waals surface area contributed by atoms with Crippen molar-refractivity contribution in [2.45, 2.75) is 25.7 Å². The highest BCUT2D eigenvalue weighted by atomic mass is 16.6. The molecule has 176 valence electrons. The number of rotatable bonds is 5. The monoisotopic (exact) mass is 462 g/mol. The Hall–Kier alpha value is -3.85. The van der Waals surface area contributed by atoms with Crippen molar-refractivity contribution >= 4 is 23.2 Å². The van der Waals surface area contributed by atoms with Crippen molar-refractivity contribution in [3.05, 3.63) is 54.0 Å². The number of hydrogen-bond acceptors (Lipinski definition) is 7. The lowest BCUT2D eigenvalue weighted by atomic mass is 9.98. The van der Waals surface area contributed by atoms with Gasteiger partial charge in [0.2, 0.25) is 5.91 Å². The standard InChI is InChI=1S/C25H26N4O5/c1-15(30)27-18-4-2-16(3-5-18)23-22(29-25(34-23)17-8-10-26-11-9-17)24(31)28-19-6-7-20-21(14-19)33-13-12-32-20/h2-7,14,17,26H,8-13H2,1H3,(H,27,30)(H,28,31). The van der Waals surface area contributed by atoms with E-state index in [9.17, 15) is 9.59 Å². The Morgan fingerprint density at radius 3 is 2.38 bits per heavy atom. The highest BCUT2D eigenvalue weighted by Gasteiger charge is 2.27. The summed E-state index contributed by atoms with van der Waals surface area (Å²) < 4.78 is 17.4. The first-order valence-corrected chi connectivity index (χ1v) is 11.4. The second kappa shape index (κ2) is 9.56. The van der Waals surface area contributed by atoms with E-state index in [1.54, 1.807) is 42.5 Å². The molecule has 3 aromatic rings. The Morgan fingerprint density at radius 2 is 1.65 bits per heavy atom. The van der Waals surface area contributed by atoms with Gasteiger partial charge in [-0.3, -0.25) is 9.59 Å². The van der Waals surface area contributed by atoms with Crippen LogP contribution in [-0.2, 0) is 4.79 Å². The molecule has 0 aliphatic carbocycles. The minimum atomic E-state index is -0.374. The van der Waals surface area contributed by atoms with Crippen molar-refractivity contribution < 1.29 is 23.5 Å². The molecule has 0 saturated carbocycles. The summed E-state index contributed by atoms with van der Waals surface area (Å²) in [4.78, 5) is 29.3. The SMILES string of the molecule is CC(=O)Nc1ccc(-c2oc(C3CCNCC3)nc2C(=O)Nc2ccc3c(c2)OCCO3)cc1. The summed E-state index contributed by atoms with van der Waals surface area (Å²) in [6.07, 6.45) is 1.79. The summed E-state index contributed by atoms with van der Waals surface area (Å²) in [7, 11) is 0. The van der Waals surface area contributed by atoms with Gasteiger partial charge >= 0.3 is 0 Å². The predicted octanol–water partition coefficient (Wildman–Crippen LogP) is 3.79. The molecule has 1 aromatic heterocycles. The molecular weight excluding hydrogens is 436 g/mol. The highest BCUT2D eigenvalue weighted by molar-refractivity contribution is 6.06. The molecule has 34 heavy (non-hydrogen) atoms. The van der Waals surface area contributed by atoms with Crippen LogP contribution in [0.4, 0.5) is 11.4 Å². The molecule has 0 spiro atoms. The molecule has 0 unspecified atom stereocenters. The van der Waals surface area contributed by atoms with E-state index in [4.69, 9.17) is 13.9 Å². The number of amides is 2. The maximum Gasteiger partial charge on any atom is 0.278 e. The summed E-state index contributed by atoms with van der Waals surface area (Å²) in [6, 6.07) is 12.4. The summed E-state index contributed by atoms with van der Waals surface area (Å²) >= 11 is 0. The largest absolute Gasteiger partial charge is 0.486 e. The zero-order valence-electron chi connectivity index (χ0n) is 18.8. The van der Waals surface area contributed by atoms with Crippen LogP contribution in [0, 0.1) is 0 Å². The molecular formula is C25H26N4O5. The molecule has 0 radical (unpaired) electrons. The van der Waals surface area contributed by atoms with Crippen molar-refractivity contribution in [1.29, 1.82) is 0 Å². The van der Waals surface area contributed by atoms with Gasteiger partial charge in [0, 0.05) is 35.8 Å². The average Bonchev–Trinajstić information content (AvgIpc) is 3.30. The lowest BCUT2D eigenvalue weighted by Crippen LogP contribution is -2.26. The van der Waals surface area contributed by atoms with E-state index in [0.29, 0.717) is 53.3 Å². The fourth-order valence-electron chi connectivity index (χ4n) is 4.15. The van der Waals surface area contributed by atoms with Crippen molar-refractivity contribution in [1.82, 2.24) is 10.3 Å². The third kappa shape index (κ3) is 4.74. The molecule has 3 N–H and O–H groups in total. The van der Waals surface area contributed by atoms with E-state index in [0.717, 1.165) is 25.9 Å². The maximum absolute atomic E-state index is 13.3. The smallest absolute Gasteiger partial charge is 0.278 e. The summed E-state index contributed by atoms with van der Waals surface area (Å²) in [5, 5.41) is 8.98. The van der Waals surface area contributed by atoms with Crippen LogP contribution in [0.2, 0.25) is 0 Å². The van der Waals surface area contributed by atoms with Crippen LogP contribution >= 0.6 is 0 Å². The first kappa shape index (κ1) is 22.0. The zero-order chi connectivity index (χ0) is 23.5. The van der Waals surface area contributed by atoms with Gasteiger partial charge in [0.05, 0.1) is 0 Å². The molecule has 2 amide bonds. The van der Waals surface area contributed by atoms with E-state index < -0.39 is 0 Å². The quantitative estimate of drug-likeness (QED) is 0.528. The van der Waals surface area contributed by atoms with Crippen LogP contribution < -0.4 is 25.4 Å². The van der Waals surface area contributed by atoms with E-state index in [1.165, 1.54) is 6.92 Å². The van der Waals surface area contributed by atoms with E-state index in [1.807, 2.05) is 0 Å². The van der Waals surface area contributed by atoms with Gasteiger partial charge in [-0.1, -0.05) is 0 Å². The molecule has 0 bridgehead atoms. The molecule has 9 heteroatoms. The van der Waals surface area contributed by atoms with E-state index >= 15 is 0 Å². The minimum absolute atomic E-state index is 0.148. The normalized spacial score (nSPS) is 15.6. The molecule has 5 rings (SSSR count). The third-order valence-corrected chi connectivity index (χ3v) is 5.81. The first-order valence-electron chi connectivity index (χ1n) is 11.4. The van der Waals surface area contributed by atoms with E-state index in [-0.39, 0.29) is 23.4 Å². The van der Waals surface area contributed by atoms with Gasteiger partial charge in [0.1, 0.15) is 13.2 Å². The Bertz CT molecular complexity index is 1200. The number of piperidine rings is 1. The third-order valence-electron chi connectivity index (χ3n) is 5.81. The summed E-state index contributed by atoms with van der Waals surface area (Å²) in [5.41, 5.74) is 2.16. The number of anilines is 2. The molecule has 3 heterocycles. The Kier molecular flexibility index (Phi) is 6.18. The number of carbonyl (C=O) groups is 2. The Morgan fingerprint density at radius 1 is 0.941 bits per heavy atom. The van der Waals surface area contributed by atoms with Gasteiger partial charge < -0.3 is 29.8 Å². The number of carbonyl (C=O) groups excluding carboxylic acids is 2. The number of oxazole rings is 1. The molecule has 0 atom stereocenters. The minimum Gasteiger partial charge on any atom is -0.486 e. The van der Waals surface area contributed by atoms with Gasteiger partial charge in [0.25, 0.3) is 5.91 Å². The van der Waals surface area contributed by atoms with Crippen LogP contribution in [0.5, 0.6) is 11.5 Å². The number of nitrogens with one attached hydrogen (secondary N) is 3. The molecule has 2 aliphatic rings. The molecule has 9 nitrogen and oxygen atoms in total. The number of benzene rings is 2. The fourth-order valence-corrected chi connectivity index (χ4v) is 4.15. The average molecular weight is 463 g/mol. The topological polar surface area (TPSA) is 115 Å².